The molecule has 19 heavy (non-hydrogen) atoms. The van der Waals surface area contributed by atoms with E-state index in [1.54, 1.807) is 0 Å². The van der Waals surface area contributed by atoms with Crippen LogP contribution in [0.4, 0.5) is 0 Å². The number of carbonyl (C=O) groups excluding carboxylic acids is 1. The van der Waals surface area contributed by atoms with Crippen molar-refractivity contribution in [3.63, 3.8) is 0 Å². The summed E-state index contributed by atoms with van der Waals surface area (Å²) in [7, 11) is 2.11. The molecule has 1 aromatic carbocycles. The van der Waals surface area contributed by atoms with Gasteiger partial charge in [0.15, 0.2) is 0 Å². The van der Waals surface area contributed by atoms with Gasteiger partial charge in [-0.15, -0.1) is 0 Å². The van der Waals surface area contributed by atoms with Gasteiger partial charge in [0.05, 0.1) is 0 Å². The van der Waals surface area contributed by atoms with E-state index in [0.717, 1.165) is 40.6 Å². The van der Waals surface area contributed by atoms with E-state index in [1.165, 1.54) is 0 Å². The number of carbonyl (C=O) groups is 1. The number of rotatable bonds is 1. The van der Waals surface area contributed by atoms with Crippen molar-refractivity contribution in [2.24, 2.45) is 0 Å². The largest absolute Gasteiger partial charge is 0.335 e. The highest BCUT2D eigenvalue weighted by Crippen LogP contribution is 2.22. The van der Waals surface area contributed by atoms with Gasteiger partial charge in [0.25, 0.3) is 5.91 Å². The molecule has 1 heterocycles. The Morgan fingerprint density at radius 2 is 1.84 bits per heavy atom. The average molecular weight is 390 g/mol. The SMILES string of the molecule is CC1CN(C)CCCN1C(=O)c1cc(Br)cc(Br)c1. The highest BCUT2D eigenvalue weighted by Gasteiger charge is 2.25. The van der Waals surface area contributed by atoms with Crippen LogP contribution in [0.3, 0.4) is 0 Å². The smallest absolute Gasteiger partial charge is 0.254 e. The molecule has 104 valence electrons. The fourth-order valence-electron chi connectivity index (χ4n) is 2.52. The molecule has 1 aliphatic rings. The number of hydrogen-bond donors (Lipinski definition) is 0. The predicted octanol–water partition coefficient (Wildman–Crippen LogP) is 3.38. The second-order valence-corrected chi connectivity index (χ2v) is 6.95. The number of likely N-dealkylation sites (N-methyl/N-ethyl adjacent to an activating group) is 1. The van der Waals surface area contributed by atoms with Crippen molar-refractivity contribution in [1.29, 1.82) is 0 Å². The number of hydrogen-bond acceptors (Lipinski definition) is 2. The van der Waals surface area contributed by atoms with Crippen LogP contribution in [0.2, 0.25) is 0 Å². The summed E-state index contributed by atoms with van der Waals surface area (Å²) in [6, 6.07) is 5.96. The molecular weight excluding hydrogens is 372 g/mol. The standard InChI is InChI=1S/C14H18Br2N2O/c1-10-9-17(2)4-3-5-18(10)14(19)11-6-12(15)8-13(16)7-11/h6-8,10H,3-5,9H2,1-2H3. The molecule has 1 atom stereocenters. The quantitative estimate of drug-likeness (QED) is 0.735. The first-order valence-electron chi connectivity index (χ1n) is 6.43. The van der Waals surface area contributed by atoms with E-state index in [0.29, 0.717) is 0 Å². The molecule has 1 fully saturated rings. The topological polar surface area (TPSA) is 23.6 Å². The van der Waals surface area contributed by atoms with Crippen LogP contribution < -0.4 is 0 Å². The van der Waals surface area contributed by atoms with Crippen molar-refractivity contribution in [1.82, 2.24) is 9.80 Å². The zero-order chi connectivity index (χ0) is 14.0. The summed E-state index contributed by atoms with van der Waals surface area (Å²) in [5.41, 5.74) is 0.734. The van der Waals surface area contributed by atoms with Gasteiger partial charge in [-0.2, -0.15) is 0 Å². The Balaban J connectivity index is 2.22. The van der Waals surface area contributed by atoms with Crippen LogP contribution in [0.15, 0.2) is 27.1 Å². The molecule has 0 N–H and O–H groups in total. The second kappa shape index (κ2) is 6.37. The lowest BCUT2D eigenvalue weighted by Gasteiger charge is -2.28. The van der Waals surface area contributed by atoms with Crippen LogP contribution in [0.25, 0.3) is 0 Å². The summed E-state index contributed by atoms with van der Waals surface area (Å²) in [5.74, 6) is 0.116. The van der Waals surface area contributed by atoms with E-state index in [4.69, 9.17) is 0 Å². The van der Waals surface area contributed by atoms with E-state index < -0.39 is 0 Å². The van der Waals surface area contributed by atoms with E-state index in [1.807, 2.05) is 23.1 Å². The van der Waals surface area contributed by atoms with Crippen molar-refractivity contribution in [3.8, 4) is 0 Å². The first kappa shape index (κ1) is 15.0. The monoisotopic (exact) mass is 388 g/mol. The summed E-state index contributed by atoms with van der Waals surface area (Å²) in [4.78, 5) is 16.9. The fourth-order valence-corrected chi connectivity index (χ4v) is 3.81. The van der Waals surface area contributed by atoms with Crippen LogP contribution in [-0.2, 0) is 0 Å². The molecule has 5 heteroatoms. The van der Waals surface area contributed by atoms with Gasteiger partial charge in [-0.3, -0.25) is 4.79 Å². The van der Waals surface area contributed by atoms with Crippen LogP contribution in [-0.4, -0.2) is 48.4 Å². The number of nitrogens with zero attached hydrogens (tertiary/aromatic N) is 2. The second-order valence-electron chi connectivity index (χ2n) is 5.12. The van der Waals surface area contributed by atoms with Crippen molar-refractivity contribution < 1.29 is 4.79 Å². The zero-order valence-corrected chi connectivity index (χ0v) is 14.4. The van der Waals surface area contributed by atoms with Crippen molar-refractivity contribution in [2.75, 3.05) is 26.7 Å². The minimum absolute atomic E-state index is 0.116. The predicted molar refractivity (Wildman–Crippen MR) is 84.5 cm³/mol. The van der Waals surface area contributed by atoms with Gasteiger partial charge in [-0.25, -0.2) is 0 Å². The Bertz CT molecular complexity index is 458. The van der Waals surface area contributed by atoms with Crippen molar-refractivity contribution in [3.05, 3.63) is 32.7 Å². The van der Waals surface area contributed by atoms with Gasteiger partial charge in [0, 0.05) is 33.6 Å². The molecule has 3 nitrogen and oxygen atoms in total. The van der Waals surface area contributed by atoms with Gasteiger partial charge in [0.1, 0.15) is 0 Å². The summed E-state index contributed by atoms with van der Waals surface area (Å²) >= 11 is 6.87. The first-order valence-corrected chi connectivity index (χ1v) is 8.01. The van der Waals surface area contributed by atoms with Gasteiger partial charge in [0.2, 0.25) is 0 Å². The Labute approximate surface area is 131 Å². The van der Waals surface area contributed by atoms with Crippen LogP contribution in [0, 0.1) is 0 Å². The molecule has 0 saturated carbocycles. The Hall–Kier alpha value is -0.390. The third kappa shape index (κ3) is 3.80. The minimum atomic E-state index is 0.116. The van der Waals surface area contributed by atoms with E-state index in [2.05, 4.69) is 50.7 Å². The normalized spacial score (nSPS) is 21.3. The molecule has 1 aromatic rings. The summed E-state index contributed by atoms with van der Waals surface area (Å²) in [6.07, 6.45) is 1.03. The fraction of sp³-hybridized carbons (Fsp3) is 0.500. The molecule has 0 aliphatic carbocycles. The van der Waals surface area contributed by atoms with E-state index >= 15 is 0 Å². The van der Waals surface area contributed by atoms with E-state index in [9.17, 15) is 4.79 Å². The summed E-state index contributed by atoms with van der Waals surface area (Å²) in [5, 5.41) is 0. The summed E-state index contributed by atoms with van der Waals surface area (Å²) in [6.45, 7) is 4.93. The third-order valence-corrected chi connectivity index (χ3v) is 4.33. The van der Waals surface area contributed by atoms with Gasteiger partial charge < -0.3 is 9.80 Å². The Kier molecular flexibility index (Phi) is 5.03. The first-order chi connectivity index (χ1) is 8.97. The average Bonchev–Trinajstić information content (AvgIpc) is 2.48. The number of halogens is 2. The van der Waals surface area contributed by atoms with Gasteiger partial charge in [-0.1, -0.05) is 31.9 Å². The Morgan fingerprint density at radius 3 is 2.47 bits per heavy atom. The highest BCUT2D eigenvalue weighted by molar-refractivity contribution is 9.11. The summed E-state index contributed by atoms with van der Waals surface area (Å²) < 4.78 is 1.84. The Morgan fingerprint density at radius 1 is 1.21 bits per heavy atom. The maximum absolute atomic E-state index is 12.6. The lowest BCUT2D eigenvalue weighted by Crippen LogP contribution is -2.42. The number of benzene rings is 1. The lowest BCUT2D eigenvalue weighted by atomic mass is 10.1. The highest BCUT2D eigenvalue weighted by atomic mass is 79.9. The molecule has 1 amide bonds. The lowest BCUT2D eigenvalue weighted by molar-refractivity contribution is 0.0696. The molecule has 0 radical (unpaired) electrons. The van der Waals surface area contributed by atoms with Gasteiger partial charge in [-0.05, 0) is 45.1 Å². The molecule has 0 spiro atoms. The van der Waals surface area contributed by atoms with Crippen molar-refractivity contribution >= 4 is 37.8 Å². The third-order valence-electron chi connectivity index (χ3n) is 3.42. The molecule has 1 saturated heterocycles. The maximum atomic E-state index is 12.6. The van der Waals surface area contributed by atoms with Gasteiger partial charge >= 0.3 is 0 Å². The minimum Gasteiger partial charge on any atom is -0.335 e. The van der Waals surface area contributed by atoms with Crippen LogP contribution >= 0.6 is 31.9 Å². The number of amides is 1. The molecule has 0 aromatic heterocycles. The molecule has 1 aliphatic heterocycles. The zero-order valence-electron chi connectivity index (χ0n) is 11.2. The molecule has 2 rings (SSSR count). The molecular formula is C14H18Br2N2O. The van der Waals surface area contributed by atoms with Crippen LogP contribution in [0.1, 0.15) is 23.7 Å². The maximum Gasteiger partial charge on any atom is 0.254 e. The van der Waals surface area contributed by atoms with Crippen molar-refractivity contribution in [2.45, 2.75) is 19.4 Å². The molecule has 0 bridgehead atoms. The molecule has 1 unspecified atom stereocenters. The van der Waals surface area contributed by atoms with E-state index in [-0.39, 0.29) is 11.9 Å². The van der Waals surface area contributed by atoms with Crippen LogP contribution in [0.5, 0.6) is 0 Å².